The smallest absolute Gasteiger partial charge is 0.220 e. The van der Waals surface area contributed by atoms with Crippen molar-refractivity contribution in [3.8, 4) is 0 Å². The van der Waals surface area contributed by atoms with E-state index < -0.39 is 0 Å². The van der Waals surface area contributed by atoms with Gasteiger partial charge in [0, 0.05) is 19.0 Å². The Balaban J connectivity index is 0.00000324. The van der Waals surface area contributed by atoms with Crippen LogP contribution in [0.4, 0.5) is 4.39 Å². The van der Waals surface area contributed by atoms with Crippen molar-refractivity contribution in [1.82, 2.24) is 5.32 Å². The van der Waals surface area contributed by atoms with Gasteiger partial charge in [-0.05, 0) is 30.9 Å². The Morgan fingerprint density at radius 1 is 1.37 bits per heavy atom. The molecule has 1 aromatic rings. The minimum absolute atomic E-state index is 0. The Hall–Kier alpha value is -1.13. The number of hydrogen-bond acceptors (Lipinski definition) is 2. The molecule has 1 rings (SSSR count). The molecule has 19 heavy (non-hydrogen) atoms. The molecule has 0 aromatic heterocycles. The summed E-state index contributed by atoms with van der Waals surface area (Å²) in [6.07, 6.45) is 1.04. The summed E-state index contributed by atoms with van der Waals surface area (Å²) < 4.78 is 13.5. The van der Waals surface area contributed by atoms with E-state index in [-0.39, 0.29) is 36.1 Å². The number of carbonyl (C=O) groups excluding carboxylic acids is 1. The molecule has 1 aromatic carbocycles. The molecule has 0 saturated carbocycles. The highest BCUT2D eigenvalue weighted by Gasteiger charge is 2.14. The Bertz CT molecular complexity index is 399. The third-order valence-corrected chi connectivity index (χ3v) is 2.85. The minimum Gasteiger partial charge on any atom is -0.356 e. The third-order valence-electron chi connectivity index (χ3n) is 2.85. The highest BCUT2D eigenvalue weighted by Crippen LogP contribution is 2.21. The van der Waals surface area contributed by atoms with Gasteiger partial charge in [0.2, 0.25) is 5.91 Å². The third kappa shape index (κ3) is 6.55. The zero-order chi connectivity index (χ0) is 13.5. The molecule has 0 fully saturated rings. The maximum atomic E-state index is 13.5. The van der Waals surface area contributed by atoms with Crippen molar-refractivity contribution >= 4 is 18.3 Å². The second-order valence-electron chi connectivity index (χ2n) is 4.74. The van der Waals surface area contributed by atoms with Crippen LogP contribution >= 0.6 is 12.4 Å². The van der Waals surface area contributed by atoms with Crippen molar-refractivity contribution in [3.63, 3.8) is 0 Å². The van der Waals surface area contributed by atoms with Gasteiger partial charge in [-0.2, -0.15) is 0 Å². The summed E-state index contributed by atoms with van der Waals surface area (Å²) in [5, 5.41) is 2.79. The van der Waals surface area contributed by atoms with Gasteiger partial charge >= 0.3 is 0 Å². The van der Waals surface area contributed by atoms with E-state index in [1.54, 1.807) is 18.2 Å². The summed E-state index contributed by atoms with van der Waals surface area (Å²) in [5.41, 5.74) is 6.17. The molecule has 0 spiro atoms. The Kier molecular flexibility index (Phi) is 8.35. The van der Waals surface area contributed by atoms with E-state index >= 15 is 0 Å². The van der Waals surface area contributed by atoms with Crippen LogP contribution in [-0.2, 0) is 4.79 Å². The molecule has 3 N–H and O–H groups in total. The number of halogens is 2. The number of carbonyl (C=O) groups is 1. The maximum Gasteiger partial charge on any atom is 0.220 e. The second-order valence-corrected chi connectivity index (χ2v) is 4.74. The fourth-order valence-electron chi connectivity index (χ4n) is 1.77. The standard InChI is InChI=1S/C14H21FN2O.ClH/c1-10(12-5-3-4-6-13(12)15)9-14(18)17-8-7-11(2)16;/h3-6,10-11H,7-9,16H2,1-2H3,(H,17,18);1H. The van der Waals surface area contributed by atoms with Crippen LogP contribution in [0.2, 0.25) is 0 Å². The molecule has 0 radical (unpaired) electrons. The van der Waals surface area contributed by atoms with E-state index in [0.29, 0.717) is 18.5 Å². The van der Waals surface area contributed by atoms with Crippen molar-refractivity contribution in [2.45, 2.75) is 38.6 Å². The predicted molar refractivity (Wildman–Crippen MR) is 78.0 cm³/mol. The fraction of sp³-hybridized carbons (Fsp3) is 0.500. The summed E-state index contributed by atoms with van der Waals surface area (Å²) in [6, 6.07) is 6.64. The number of amides is 1. The monoisotopic (exact) mass is 288 g/mol. The molecule has 2 atom stereocenters. The summed E-state index contributed by atoms with van der Waals surface area (Å²) in [7, 11) is 0. The molecule has 108 valence electrons. The second kappa shape index (κ2) is 8.88. The molecule has 2 unspecified atom stereocenters. The van der Waals surface area contributed by atoms with Crippen molar-refractivity contribution < 1.29 is 9.18 Å². The Morgan fingerprint density at radius 2 is 2.00 bits per heavy atom. The molecule has 0 aliphatic carbocycles. The summed E-state index contributed by atoms with van der Waals surface area (Å²) in [4.78, 5) is 11.6. The van der Waals surface area contributed by atoms with Crippen LogP contribution in [0.15, 0.2) is 24.3 Å². The SMILES string of the molecule is CC(N)CCNC(=O)CC(C)c1ccccc1F.Cl. The largest absolute Gasteiger partial charge is 0.356 e. The Morgan fingerprint density at radius 3 is 2.58 bits per heavy atom. The normalized spacial score (nSPS) is 13.3. The predicted octanol–water partition coefficient (Wildman–Crippen LogP) is 2.59. The first-order valence-electron chi connectivity index (χ1n) is 6.27. The lowest BCUT2D eigenvalue weighted by Crippen LogP contribution is -2.29. The maximum absolute atomic E-state index is 13.5. The summed E-state index contributed by atoms with van der Waals surface area (Å²) >= 11 is 0. The molecular formula is C14H22ClFN2O. The Labute approximate surface area is 120 Å². The number of nitrogens with one attached hydrogen (secondary N) is 1. The fourth-order valence-corrected chi connectivity index (χ4v) is 1.77. The molecule has 0 aliphatic rings. The number of benzene rings is 1. The van der Waals surface area contributed by atoms with Crippen LogP contribution in [0.3, 0.4) is 0 Å². The van der Waals surface area contributed by atoms with E-state index in [1.807, 2.05) is 13.8 Å². The van der Waals surface area contributed by atoms with Gasteiger partial charge in [-0.15, -0.1) is 12.4 Å². The number of nitrogens with two attached hydrogens (primary N) is 1. The van der Waals surface area contributed by atoms with Crippen molar-refractivity contribution in [2.75, 3.05) is 6.54 Å². The van der Waals surface area contributed by atoms with Crippen molar-refractivity contribution in [1.29, 1.82) is 0 Å². The summed E-state index contributed by atoms with van der Waals surface area (Å²) in [6.45, 7) is 4.32. The van der Waals surface area contributed by atoms with E-state index in [1.165, 1.54) is 6.07 Å². The van der Waals surface area contributed by atoms with Crippen molar-refractivity contribution in [3.05, 3.63) is 35.6 Å². The van der Waals surface area contributed by atoms with Crippen LogP contribution < -0.4 is 11.1 Å². The number of rotatable bonds is 6. The van der Waals surface area contributed by atoms with Gasteiger partial charge in [0.1, 0.15) is 5.82 Å². The highest BCUT2D eigenvalue weighted by molar-refractivity contribution is 5.85. The van der Waals surface area contributed by atoms with Crippen LogP contribution in [-0.4, -0.2) is 18.5 Å². The van der Waals surface area contributed by atoms with E-state index in [0.717, 1.165) is 6.42 Å². The molecule has 5 heteroatoms. The topological polar surface area (TPSA) is 55.1 Å². The average molecular weight is 289 g/mol. The van der Waals surface area contributed by atoms with Crippen molar-refractivity contribution in [2.24, 2.45) is 5.73 Å². The highest BCUT2D eigenvalue weighted by atomic mass is 35.5. The van der Waals surface area contributed by atoms with Gasteiger partial charge < -0.3 is 11.1 Å². The van der Waals surface area contributed by atoms with Gasteiger partial charge in [0.05, 0.1) is 0 Å². The molecule has 0 saturated heterocycles. The zero-order valence-electron chi connectivity index (χ0n) is 11.4. The van der Waals surface area contributed by atoms with Gasteiger partial charge in [0.25, 0.3) is 0 Å². The molecule has 3 nitrogen and oxygen atoms in total. The van der Waals surface area contributed by atoms with E-state index in [9.17, 15) is 9.18 Å². The lowest BCUT2D eigenvalue weighted by Gasteiger charge is -2.13. The van der Waals surface area contributed by atoms with Gasteiger partial charge in [-0.25, -0.2) is 4.39 Å². The number of hydrogen-bond donors (Lipinski definition) is 2. The quantitative estimate of drug-likeness (QED) is 0.845. The molecular weight excluding hydrogens is 267 g/mol. The van der Waals surface area contributed by atoms with Gasteiger partial charge in [-0.1, -0.05) is 25.1 Å². The van der Waals surface area contributed by atoms with Crippen LogP contribution in [0.1, 0.15) is 38.2 Å². The first-order valence-corrected chi connectivity index (χ1v) is 6.27. The lowest BCUT2D eigenvalue weighted by atomic mass is 9.97. The van der Waals surface area contributed by atoms with Crippen LogP contribution in [0, 0.1) is 5.82 Å². The molecule has 1 amide bonds. The zero-order valence-corrected chi connectivity index (χ0v) is 12.2. The molecule has 0 heterocycles. The van der Waals surface area contributed by atoms with E-state index in [4.69, 9.17) is 5.73 Å². The van der Waals surface area contributed by atoms with Gasteiger partial charge in [-0.3, -0.25) is 4.79 Å². The molecule has 0 bridgehead atoms. The molecule has 0 aliphatic heterocycles. The van der Waals surface area contributed by atoms with E-state index in [2.05, 4.69) is 5.32 Å². The van der Waals surface area contributed by atoms with Crippen LogP contribution in [0.5, 0.6) is 0 Å². The lowest BCUT2D eigenvalue weighted by molar-refractivity contribution is -0.121. The average Bonchev–Trinajstić information content (AvgIpc) is 2.28. The van der Waals surface area contributed by atoms with Gasteiger partial charge in [0.15, 0.2) is 0 Å². The van der Waals surface area contributed by atoms with Crippen LogP contribution in [0.25, 0.3) is 0 Å². The minimum atomic E-state index is -0.256. The first kappa shape index (κ1) is 17.9. The summed E-state index contributed by atoms with van der Waals surface area (Å²) in [5.74, 6) is -0.443. The first-order chi connectivity index (χ1) is 8.50.